The van der Waals surface area contributed by atoms with Gasteiger partial charge >= 0.3 is 0 Å². The molecule has 0 aromatic heterocycles. The molecular formula is C22H22N2O3S. The Labute approximate surface area is 165 Å². The van der Waals surface area contributed by atoms with Gasteiger partial charge in [-0.1, -0.05) is 54.6 Å². The van der Waals surface area contributed by atoms with Crippen LogP contribution in [-0.4, -0.2) is 32.7 Å². The van der Waals surface area contributed by atoms with Crippen molar-refractivity contribution in [3.63, 3.8) is 0 Å². The van der Waals surface area contributed by atoms with Crippen LogP contribution in [0.25, 0.3) is 11.1 Å². The number of hydrogen-bond acceptors (Lipinski definition) is 3. The highest BCUT2D eigenvalue weighted by atomic mass is 32.2. The standard InChI is InChI=1S/C22H22N2O3S/c1-24(2)28(26,27)21-14-12-20(13-15-21)23-22(25)16-17-8-10-19(11-9-17)18-6-4-3-5-7-18/h3-15H,16H2,1-2H3,(H,23,25). The van der Waals surface area contributed by atoms with Crippen LogP contribution in [0.5, 0.6) is 0 Å². The van der Waals surface area contributed by atoms with E-state index in [0.29, 0.717) is 5.69 Å². The summed E-state index contributed by atoms with van der Waals surface area (Å²) >= 11 is 0. The molecular weight excluding hydrogens is 372 g/mol. The van der Waals surface area contributed by atoms with E-state index in [2.05, 4.69) is 5.32 Å². The number of benzene rings is 3. The molecule has 144 valence electrons. The quantitative estimate of drug-likeness (QED) is 0.692. The van der Waals surface area contributed by atoms with E-state index in [4.69, 9.17) is 0 Å². The predicted octanol–water partition coefficient (Wildman–Crippen LogP) is 3.79. The summed E-state index contributed by atoms with van der Waals surface area (Å²) in [6, 6.07) is 24.1. The van der Waals surface area contributed by atoms with Crippen LogP contribution in [0.1, 0.15) is 5.56 Å². The number of rotatable bonds is 6. The molecule has 0 atom stereocenters. The van der Waals surface area contributed by atoms with Gasteiger partial charge in [0.2, 0.25) is 15.9 Å². The third kappa shape index (κ3) is 4.65. The van der Waals surface area contributed by atoms with Crippen LogP contribution in [0.3, 0.4) is 0 Å². The SMILES string of the molecule is CN(C)S(=O)(=O)c1ccc(NC(=O)Cc2ccc(-c3ccccc3)cc2)cc1. The molecule has 6 heteroatoms. The van der Waals surface area contributed by atoms with E-state index in [1.807, 2.05) is 54.6 Å². The lowest BCUT2D eigenvalue weighted by molar-refractivity contribution is -0.115. The maximum Gasteiger partial charge on any atom is 0.242 e. The Kier molecular flexibility index (Phi) is 5.92. The molecule has 0 aliphatic heterocycles. The second kappa shape index (κ2) is 8.37. The lowest BCUT2D eigenvalue weighted by Gasteiger charge is -2.12. The molecule has 3 aromatic carbocycles. The minimum absolute atomic E-state index is 0.157. The van der Waals surface area contributed by atoms with Gasteiger partial charge in [0, 0.05) is 19.8 Å². The average molecular weight is 394 g/mol. The molecule has 1 amide bonds. The molecule has 0 aliphatic carbocycles. The lowest BCUT2D eigenvalue weighted by atomic mass is 10.0. The Morgan fingerprint density at radius 2 is 1.39 bits per heavy atom. The Morgan fingerprint density at radius 3 is 1.96 bits per heavy atom. The van der Waals surface area contributed by atoms with Crippen LogP contribution in [0.2, 0.25) is 0 Å². The molecule has 28 heavy (non-hydrogen) atoms. The Morgan fingerprint density at radius 1 is 0.821 bits per heavy atom. The highest BCUT2D eigenvalue weighted by molar-refractivity contribution is 7.89. The number of anilines is 1. The first-order valence-electron chi connectivity index (χ1n) is 8.83. The van der Waals surface area contributed by atoms with E-state index < -0.39 is 10.0 Å². The summed E-state index contributed by atoms with van der Waals surface area (Å²) in [5.74, 6) is -0.157. The van der Waals surface area contributed by atoms with Crippen molar-refractivity contribution in [1.82, 2.24) is 4.31 Å². The average Bonchev–Trinajstić information content (AvgIpc) is 2.69. The molecule has 0 aliphatic rings. The van der Waals surface area contributed by atoms with Gasteiger partial charge in [-0.05, 0) is 41.0 Å². The third-order valence-corrected chi connectivity index (χ3v) is 6.17. The molecule has 0 radical (unpaired) electrons. The van der Waals surface area contributed by atoms with Gasteiger partial charge in [-0.3, -0.25) is 4.79 Å². The first-order chi connectivity index (χ1) is 13.4. The molecule has 3 aromatic rings. The number of carbonyl (C=O) groups is 1. The predicted molar refractivity (Wildman–Crippen MR) is 112 cm³/mol. The van der Waals surface area contributed by atoms with Crippen LogP contribution in [-0.2, 0) is 21.2 Å². The van der Waals surface area contributed by atoms with Gasteiger partial charge in [0.1, 0.15) is 0 Å². The molecule has 3 rings (SSSR count). The Bertz CT molecular complexity index is 1040. The van der Waals surface area contributed by atoms with E-state index in [9.17, 15) is 13.2 Å². The first kappa shape index (κ1) is 19.8. The maximum absolute atomic E-state index is 12.3. The van der Waals surface area contributed by atoms with Crippen molar-refractivity contribution in [2.24, 2.45) is 0 Å². The van der Waals surface area contributed by atoms with Crippen LogP contribution in [0.4, 0.5) is 5.69 Å². The number of sulfonamides is 1. The van der Waals surface area contributed by atoms with Crippen LogP contribution >= 0.6 is 0 Å². The van der Waals surface area contributed by atoms with Crippen molar-refractivity contribution in [2.45, 2.75) is 11.3 Å². The fraction of sp³-hybridized carbons (Fsp3) is 0.136. The summed E-state index contributed by atoms with van der Waals surface area (Å²) in [6.45, 7) is 0. The second-order valence-corrected chi connectivity index (χ2v) is 8.75. The van der Waals surface area contributed by atoms with Crippen molar-refractivity contribution < 1.29 is 13.2 Å². The Hall–Kier alpha value is -2.96. The van der Waals surface area contributed by atoms with Gasteiger partial charge in [0.15, 0.2) is 0 Å². The van der Waals surface area contributed by atoms with E-state index in [1.165, 1.54) is 26.2 Å². The van der Waals surface area contributed by atoms with Crippen molar-refractivity contribution in [2.75, 3.05) is 19.4 Å². The van der Waals surface area contributed by atoms with E-state index in [-0.39, 0.29) is 17.2 Å². The van der Waals surface area contributed by atoms with Crippen molar-refractivity contribution in [1.29, 1.82) is 0 Å². The topological polar surface area (TPSA) is 66.5 Å². The summed E-state index contributed by atoms with van der Waals surface area (Å²) in [4.78, 5) is 12.5. The number of carbonyl (C=O) groups excluding carboxylic acids is 1. The Balaban J connectivity index is 1.63. The smallest absolute Gasteiger partial charge is 0.242 e. The van der Waals surface area contributed by atoms with Crippen LogP contribution in [0, 0.1) is 0 Å². The highest BCUT2D eigenvalue weighted by Crippen LogP contribution is 2.20. The highest BCUT2D eigenvalue weighted by Gasteiger charge is 2.16. The lowest BCUT2D eigenvalue weighted by Crippen LogP contribution is -2.22. The van der Waals surface area contributed by atoms with E-state index >= 15 is 0 Å². The second-order valence-electron chi connectivity index (χ2n) is 6.60. The van der Waals surface area contributed by atoms with Crippen LogP contribution < -0.4 is 5.32 Å². The fourth-order valence-electron chi connectivity index (χ4n) is 2.76. The minimum atomic E-state index is -3.48. The number of nitrogens with zero attached hydrogens (tertiary/aromatic N) is 1. The molecule has 1 N–H and O–H groups in total. The summed E-state index contributed by atoms with van der Waals surface area (Å²) in [5, 5.41) is 2.80. The molecule has 0 unspecified atom stereocenters. The van der Waals surface area contributed by atoms with Gasteiger partial charge in [0.25, 0.3) is 0 Å². The molecule has 0 spiro atoms. The number of nitrogens with one attached hydrogen (secondary N) is 1. The fourth-order valence-corrected chi connectivity index (χ4v) is 3.66. The molecule has 0 saturated heterocycles. The van der Waals surface area contributed by atoms with E-state index in [1.54, 1.807) is 12.1 Å². The summed E-state index contributed by atoms with van der Waals surface area (Å²) in [6.07, 6.45) is 0.243. The first-order valence-corrected chi connectivity index (χ1v) is 10.3. The molecule has 0 saturated carbocycles. The summed E-state index contributed by atoms with van der Waals surface area (Å²) in [5.41, 5.74) is 3.70. The summed E-state index contributed by atoms with van der Waals surface area (Å²) < 4.78 is 25.3. The normalized spacial score (nSPS) is 11.4. The van der Waals surface area contributed by atoms with Gasteiger partial charge in [-0.15, -0.1) is 0 Å². The molecule has 0 fully saturated rings. The molecule has 0 bridgehead atoms. The van der Waals surface area contributed by atoms with E-state index in [0.717, 1.165) is 21.0 Å². The largest absolute Gasteiger partial charge is 0.326 e. The minimum Gasteiger partial charge on any atom is -0.326 e. The van der Waals surface area contributed by atoms with Gasteiger partial charge in [-0.25, -0.2) is 12.7 Å². The van der Waals surface area contributed by atoms with Crippen molar-refractivity contribution >= 4 is 21.6 Å². The van der Waals surface area contributed by atoms with Crippen LogP contribution in [0.15, 0.2) is 83.8 Å². The van der Waals surface area contributed by atoms with Gasteiger partial charge < -0.3 is 5.32 Å². The zero-order chi connectivity index (χ0) is 20.1. The molecule has 0 heterocycles. The van der Waals surface area contributed by atoms with Crippen molar-refractivity contribution in [3.05, 3.63) is 84.4 Å². The number of hydrogen-bond donors (Lipinski definition) is 1. The zero-order valence-corrected chi connectivity index (χ0v) is 16.6. The monoisotopic (exact) mass is 394 g/mol. The molecule has 5 nitrogen and oxygen atoms in total. The zero-order valence-electron chi connectivity index (χ0n) is 15.8. The van der Waals surface area contributed by atoms with Crippen molar-refractivity contribution in [3.8, 4) is 11.1 Å². The van der Waals surface area contributed by atoms with Gasteiger partial charge in [-0.2, -0.15) is 0 Å². The van der Waals surface area contributed by atoms with Gasteiger partial charge in [0.05, 0.1) is 11.3 Å². The maximum atomic E-state index is 12.3. The third-order valence-electron chi connectivity index (χ3n) is 4.34. The number of amides is 1. The summed E-state index contributed by atoms with van der Waals surface area (Å²) in [7, 11) is -0.517.